The van der Waals surface area contributed by atoms with Gasteiger partial charge in [-0.15, -0.1) is 0 Å². The Balaban J connectivity index is 2.12. The highest BCUT2D eigenvalue weighted by Gasteiger charge is 2.31. The van der Waals surface area contributed by atoms with Crippen molar-refractivity contribution < 1.29 is 23.8 Å². The van der Waals surface area contributed by atoms with E-state index >= 15 is 0 Å². The molecule has 1 amide bonds. The van der Waals surface area contributed by atoms with Crippen molar-refractivity contribution in [2.24, 2.45) is 7.05 Å². The van der Waals surface area contributed by atoms with Crippen molar-refractivity contribution in [3.63, 3.8) is 0 Å². The summed E-state index contributed by atoms with van der Waals surface area (Å²) in [6.07, 6.45) is 2.01. The first-order chi connectivity index (χ1) is 11.9. The average Bonchev–Trinajstić information content (AvgIpc) is 2.95. The lowest BCUT2D eigenvalue weighted by Crippen LogP contribution is -2.24. The van der Waals surface area contributed by atoms with Crippen molar-refractivity contribution in [3.05, 3.63) is 29.5 Å². The minimum absolute atomic E-state index is 0.0944. The molecule has 2 heterocycles. The molecule has 0 spiro atoms. The quantitative estimate of drug-likeness (QED) is 0.671. The van der Waals surface area contributed by atoms with Crippen molar-refractivity contribution >= 4 is 17.7 Å². The van der Waals surface area contributed by atoms with E-state index in [0.29, 0.717) is 17.3 Å². The first kappa shape index (κ1) is 16.8. The molecular weight excluding hydrogens is 326 g/mol. The number of nitrogens with one attached hydrogen (secondary N) is 1. The van der Waals surface area contributed by atoms with E-state index in [-0.39, 0.29) is 24.0 Å². The molecule has 8 nitrogen and oxygen atoms in total. The molecule has 25 heavy (non-hydrogen) atoms. The van der Waals surface area contributed by atoms with E-state index in [0.717, 1.165) is 11.1 Å². The second kappa shape index (κ2) is 6.46. The van der Waals surface area contributed by atoms with E-state index in [1.165, 1.54) is 21.1 Å². The maximum absolute atomic E-state index is 12.1. The highest BCUT2D eigenvalue weighted by atomic mass is 16.6. The number of rotatable bonds is 4. The van der Waals surface area contributed by atoms with E-state index < -0.39 is 5.97 Å². The number of aromatic nitrogens is 2. The number of hydrogen-bond acceptors (Lipinski definition) is 6. The lowest BCUT2D eigenvalue weighted by atomic mass is 9.87. The molecule has 0 saturated carbocycles. The van der Waals surface area contributed by atoms with Gasteiger partial charge in [0.25, 0.3) is 0 Å². The topological polar surface area (TPSA) is 91.7 Å². The standard InChI is InChI=1S/C17H19N3O5/c1-9(21)25-16-13(23-3)5-10(6-14(16)24-4)11-7-15(22)19-17-12(11)8-18-20(17)2/h5-6,8,11H,7H2,1-4H3,(H,19,22)/t11-/m0/s1. The maximum Gasteiger partial charge on any atom is 0.308 e. The second-order valence-corrected chi connectivity index (χ2v) is 5.73. The summed E-state index contributed by atoms with van der Waals surface area (Å²) in [6.45, 7) is 1.31. The minimum Gasteiger partial charge on any atom is -0.493 e. The van der Waals surface area contributed by atoms with Gasteiger partial charge in [0.05, 0.1) is 20.4 Å². The monoisotopic (exact) mass is 345 g/mol. The Morgan fingerprint density at radius 1 is 1.28 bits per heavy atom. The molecular formula is C17H19N3O5. The van der Waals surface area contributed by atoms with Gasteiger partial charge < -0.3 is 19.5 Å². The molecule has 1 aromatic heterocycles. The summed E-state index contributed by atoms with van der Waals surface area (Å²) in [7, 11) is 4.73. The number of anilines is 1. The van der Waals surface area contributed by atoms with Crippen LogP contribution in [0.3, 0.4) is 0 Å². The molecule has 0 unspecified atom stereocenters. The highest BCUT2D eigenvalue weighted by molar-refractivity contribution is 5.94. The molecule has 0 radical (unpaired) electrons. The van der Waals surface area contributed by atoms with Gasteiger partial charge >= 0.3 is 5.97 Å². The molecule has 1 aliphatic rings. The van der Waals surface area contributed by atoms with Crippen molar-refractivity contribution in [1.82, 2.24) is 9.78 Å². The Hall–Kier alpha value is -3.03. The fourth-order valence-electron chi connectivity index (χ4n) is 2.98. The van der Waals surface area contributed by atoms with Gasteiger partial charge in [-0.05, 0) is 17.7 Å². The van der Waals surface area contributed by atoms with Crippen LogP contribution in [0.4, 0.5) is 5.82 Å². The van der Waals surface area contributed by atoms with Crippen LogP contribution in [0.2, 0.25) is 0 Å². The van der Waals surface area contributed by atoms with Crippen LogP contribution in [0.25, 0.3) is 0 Å². The lowest BCUT2D eigenvalue weighted by Gasteiger charge is -2.24. The van der Waals surface area contributed by atoms with Gasteiger partial charge in [0.15, 0.2) is 11.5 Å². The van der Waals surface area contributed by atoms with Gasteiger partial charge in [0.2, 0.25) is 11.7 Å². The maximum atomic E-state index is 12.1. The zero-order valence-corrected chi connectivity index (χ0v) is 14.5. The molecule has 1 aromatic carbocycles. The van der Waals surface area contributed by atoms with Crippen LogP contribution in [-0.4, -0.2) is 35.9 Å². The van der Waals surface area contributed by atoms with Crippen LogP contribution in [0, 0.1) is 0 Å². The largest absolute Gasteiger partial charge is 0.493 e. The molecule has 3 rings (SSSR count). The van der Waals surface area contributed by atoms with E-state index in [4.69, 9.17) is 14.2 Å². The molecule has 1 atom stereocenters. The predicted octanol–water partition coefficient (Wildman–Crippen LogP) is 1.84. The third-order valence-corrected chi connectivity index (χ3v) is 4.12. The Labute approximate surface area is 144 Å². The summed E-state index contributed by atoms with van der Waals surface area (Å²) >= 11 is 0. The van der Waals surface area contributed by atoms with Gasteiger partial charge in [-0.1, -0.05) is 0 Å². The van der Waals surface area contributed by atoms with Gasteiger partial charge in [0.1, 0.15) is 5.82 Å². The first-order valence-corrected chi connectivity index (χ1v) is 7.70. The van der Waals surface area contributed by atoms with Crippen molar-refractivity contribution in [3.8, 4) is 17.2 Å². The van der Waals surface area contributed by atoms with Gasteiger partial charge in [-0.3, -0.25) is 14.3 Å². The molecule has 0 aliphatic carbocycles. The number of aryl methyl sites for hydroxylation is 1. The third-order valence-electron chi connectivity index (χ3n) is 4.12. The van der Waals surface area contributed by atoms with Crippen molar-refractivity contribution in [1.29, 1.82) is 0 Å². The Morgan fingerprint density at radius 2 is 1.92 bits per heavy atom. The summed E-state index contributed by atoms with van der Waals surface area (Å²) in [5.41, 5.74) is 1.72. The van der Waals surface area contributed by atoms with Crippen LogP contribution < -0.4 is 19.5 Å². The zero-order chi connectivity index (χ0) is 18.1. The summed E-state index contributed by atoms with van der Waals surface area (Å²) in [6, 6.07) is 3.50. The highest BCUT2D eigenvalue weighted by Crippen LogP contribution is 2.44. The molecule has 8 heteroatoms. The predicted molar refractivity (Wildman–Crippen MR) is 89.2 cm³/mol. The minimum atomic E-state index is -0.476. The SMILES string of the molecule is COc1cc([C@@H]2CC(=O)Nc3c2cnn3C)cc(OC)c1OC(C)=O. The number of hydrogen-bond donors (Lipinski definition) is 1. The summed E-state index contributed by atoms with van der Waals surface area (Å²) in [4.78, 5) is 23.4. The van der Waals surface area contributed by atoms with Crippen LogP contribution in [0.15, 0.2) is 18.3 Å². The Kier molecular flexibility index (Phi) is 4.35. The second-order valence-electron chi connectivity index (χ2n) is 5.73. The number of ether oxygens (including phenoxy) is 3. The van der Waals surface area contributed by atoms with Crippen LogP contribution in [0.5, 0.6) is 17.2 Å². The number of nitrogens with zero attached hydrogens (tertiary/aromatic N) is 2. The first-order valence-electron chi connectivity index (χ1n) is 7.70. The summed E-state index contributed by atoms with van der Waals surface area (Å²) < 4.78 is 17.6. The molecule has 0 saturated heterocycles. The number of methoxy groups -OCH3 is 2. The van der Waals surface area contributed by atoms with Crippen molar-refractivity contribution in [2.45, 2.75) is 19.3 Å². The number of amides is 1. The average molecular weight is 345 g/mol. The van der Waals surface area contributed by atoms with Crippen LogP contribution >= 0.6 is 0 Å². The number of esters is 1. The fourth-order valence-corrected chi connectivity index (χ4v) is 2.98. The molecule has 1 aliphatic heterocycles. The number of carbonyl (C=O) groups excluding carboxylic acids is 2. The fraction of sp³-hybridized carbons (Fsp3) is 0.353. The number of carbonyl (C=O) groups is 2. The normalized spacial score (nSPS) is 16.0. The van der Waals surface area contributed by atoms with E-state index in [9.17, 15) is 9.59 Å². The van der Waals surface area contributed by atoms with E-state index in [1.54, 1.807) is 30.1 Å². The van der Waals surface area contributed by atoms with Crippen LogP contribution in [-0.2, 0) is 16.6 Å². The molecule has 1 N–H and O–H groups in total. The molecule has 132 valence electrons. The van der Waals surface area contributed by atoms with E-state index in [2.05, 4.69) is 10.4 Å². The van der Waals surface area contributed by atoms with Crippen molar-refractivity contribution in [2.75, 3.05) is 19.5 Å². The Bertz CT molecular complexity index is 818. The number of fused-ring (bicyclic) bond motifs is 1. The smallest absolute Gasteiger partial charge is 0.308 e. The lowest BCUT2D eigenvalue weighted by molar-refractivity contribution is -0.132. The van der Waals surface area contributed by atoms with Gasteiger partial charge in [-0.2, -0.15) is 5.10 Å². The molecule has 0 fully saturated rings. The van der Waals surface area contributed by atoms with Gasteiger partial charge in [0, 0.05) is 31.9 Å². The summed E-state index contributed by atoms with van der Waals surface area (Å²) in [5, 5.41) is 7.05. The van der Waals surface area contributed by atoms with Crippen LogP contribution in [0.1, 0.15) is 30.4 Å². The zero-order valence-electron chi connectivity index (χ0n) is 14.5. The number of benzene rings is 1. The molecule has 2 aromatic rings. The third kappa shape index (κ3) is 3.02. The van der Waals surface area contributed by atoms with Gasteiger partial charge in [-0.25, -0.2) is 0 Å². The van der Waals surface area contributed by atoms with E-state index in [1.807, 2.05) is 0 Å². The Morgan fingerprint density at radius 3 is 2.48 bits per heavy atom. The molecule has 0 bridgehead atoms. The summed E-state index contributed by atoms with van der Waals surface area (Å²) in [5.74, 6) is 0.837.